The van der Waals surface area contributed by atoms with E-state index in [4.69, 9.17) is 16.3 Å². The SMILES string of the molecule is COc1ccc(Cl)cc1NC(=O)C1(C)CC2(C)CC(C)(C1)C(=O)NC2=O. The number of rotatable bonds is 3. The van der Waals surface area contributed by atoms with Crippen molar-refractivity contribution in [3.05, 3.63) is 23.2 Å². The molecule has 1 aliphatic heterocycles. The highest BCUT2D eigenvalue weighted by molar-refractivity contribution is 6.31. The van der Waals surface area contributed by atoms with Crippen molar-refractivity contribution >= 4 is 35.0 Å². The van der Waals surface area contributed by atoms with Gasteiger partial charge in [-0.2, -0.15) is 0 Å². The molecule has 6 nitrogen and oxygen atoms in total. The number of halogens is 1. The number of piperidine rings is 1. The number of hydrogen-bond donors (Lipinski definition) is 2. The minimum Gasteiger partial charge on any atom is -0.495 e. The van der Waals surface area contributed by atoms with Crippen LogP contribution >= 0.6 is 11.6 Å². The number of imide groups is 1. The fourth-order valence-electron chi connectivity index (χ4n) is 4.71. The van der Waals surface area contributed by atoms with E-state index in [0.717, 1.165) is 0 Å². The Morgan fingerprint density at radius 3 is 2.23 bits per heavy atom. The molecule has 3 amide bonds. The molecule has 7 heteroatoms. The third kappa shape index (κ3) is 2.96. The van der Waals surface area contributed by atoms with Crippen LogP contribution in [0.15, 0.2) is 18.2 Å². The van der Waals surface area contributed by atoms with E-state index in [1.165, 1.54) is 7.11 Å². The predicted molar refractivity (Wildman–Crippen MR) is 98.0 cm³/mol. The molecule has 2 bridgehead atoms. The van der Waals surface area contributed by atoms with Crippen molar-refractivity contribution in [2.45, 2.75) is 40.0 Å². The maximum Gasteiger partial charge on any atom is 0.232 e. The van der Waals surface area contributed by atoms with E-state index in [1.54, 1.807) is 25.1 Å². The molecular weight excluding hydrogens is 356 g/mol. The summed E-state index contributed by atoms with van der Waals surface area (Å²) in [5.74, 6) is -0.371. The predicted octanol–water partition coefficient (Wildman–Crippen LogP) is 3.15. The molecule has 2 aliphatic rings. The summed E-state index contributed by atoms with van der Waals surface area (Å²) >= 11 is 6.03. The first-order valence-electron chi connectivity index (χ1n) is 8.52. The summed E-state index contributed by atoms with van der Waals surface area (Å²) < 4.78 is 5.28. The monoisotopic (exact) mass is 378 g/mol. The molecule has 0 spiro atoms. The molecule has 1 heterocycles. The minimum atomic E-state index is -0.873. The fraction of sp³-hybridized carbons (Fsp3) is 0.526. The Labute approximate surface area is 157 Å². The first-order valence-corrected chi connectivity index (χ1v) is 8.90. The normalized spacial score (nSPS) is 33.4. The van der Waals surface area contributed by atoms with Crippen molar-refractivity contribution in [2.75, 3.05) is 12.4 Å². The Hall–Kier alpha value is -2.08. The number of fused-ring (bicyclic) bond motifs is 2. The topological polar surface area (TPSA) is 84.5 Å². The summed E-state index contributed by atoms with van der Waals surface area (Å²) in [5.41, 5.74) is -1.92. The van der Waals surface area contributed by atoms with Gasteiger partial charge >= 0.3 is 0 Å². The number of benzene rings is 1. The molecule has 2 atom stereocenters. The van der Waals surface area contributed by atoms with E-state index in [9.17, 15) is 14.4 Å². The summed E-state index contributed by atoms with van der Waals surface area (Å²) in [6.45, 7) is 5.44. The molecule has 1 aromatic rings. The highest BCUT2D eigenvalue weighted by Crippen LogP contribution is 2.57. The Kier molecular flexibility index (Phi) is 4.30. The molecule has 1 aromatic carbocycles. The summed E-state index contributed by atoms with van der Waals surface area (Å²) in [6.07, 6.45) is 1.18. The molecule has 26 heavy (non-hydrogen) atoms. The molecule has 3 rings (SSSR count). The average molecular weight is 379 g/mol. The van der Waals surface area contributed by atoms with Crippen molar-refractivity contribution in [2.24, 2.45) is 16.2 Å². The number of methoxy groups -OCH3 is 1. The van der Waals surface area contributed by atoms with Crippen LogP contribution in [0.25, 0.3) is 0 Å². The first kappa shape index (κ1) is 18.7. The van der Waals surface area contributed by atoms with Crippen LogP contribution in [-0.4, -0.2) is 24.8 Å². The number of hydrogen-bond acceptors (Lipinski definition) is 4. The van der Waals surface area contributed by atoms with Crippen LogP contribution in [-0.2, 0) is 14.4 Å². The smallest absolute Gasteiger partial charge is 0.232 e. The summed E-state index contributed by atoms with van der Waals surface area (Å²) in [5, 5.41) is 5.81. The number of anilines is 1. The van der Waals surface area contributed by atoms with Crippen molar-refractivity contribution in [3.8, 4) is 5.75 Å². The summed E-state index contributed by atoms with van der Waals surface area (Å²) in [4.78, 5) is 37.9. The zero-order valence-electron chi connectivity index (χ0n) is 15.4. The van der Waals surface area contributed by atoms with Crippen molar-refractivity contribution in [3.63, 3.8) is 0 Å². The lowest BCUT2D eigenvalue weighted by atomic mass is 9.52. The molecule has 0 radical (unpaired) electrons. The van der Waals surface area contributed by atoms with Crippen molar-refractivity contribution in [1.82, 2.24) is 5.32 Å². The van der Waals surface area contributed by atoms with Gasteiger partial charge in [0, 0.05) is 21.3 Å². The molecule has 2 N–H and O–H groups in total. The third-order valence-electron chi connectivity index (χ3n) is 5.62. The van der Waals surface area contributed by atoms with Crippen molar-refractivity contribution in [1.29, 1.82) is 0 Å². The minimum absolute atomic E-state index is 0.252. The summed E-state index contributed by atoms with van der Waals surface area (Å²) in [6, 6.07) is 4.97. The van der Waals surface area contributed by atoms with Gasteiger partial charge in [0.25, 0.3) is 0 Å². The second-order valence-electron chi connectivity index (χ2n) is 8.29. The van der Waals surface area contributed by atoms with Crippen LogP contribution in [0.4, 0.5) is 5.69 Å². The number of amides is 3. The van der Waals surface area contributed by atoms with Gasteiger partial charge in [0.2, 0.25) is 17.7 Å². The standard InChI is InChI=1S/C19H23ClN2O4/c1-17(14(23)21-12-7-11(20)5-6-13(12)26-4)8-18(2)10-19(3,9-17)16(25)22-15(18)24/h5-7H,8-10H2,1-4H3,(H,21,23)(H,22,24,25). The first-order chi connectivity index (χ1) is 12.0. The van der Waals surface area contributed by atoms with Crippen LogP contribution in [0, 0.1) is 16.2 Å². The van der Waals surface area contributed by atoms with Gasteiger partial charge in [-0.1, -0.05) is 32.4 Å². The second kappa shape index (κ2) is 5.98. The summed E-state index contributed by atoms with van der Waals surface area (Å²) in [7, 11) is 1.51. The third-order valence-corrected chi connectivity index (χ3v) is 5.86. The number of nitrogens with one attached hydrogen (secondary N) is 2. The van der Waals surface area contributed by atoms with E-state index in [-0.39, 0.29) is 17.7 Å². The number of carbonyl (C=O) groups excluding carboxylic acids is 3. The highest BCUT2D eigenvalue weighted by atomic mass is 35.5. The molecule has 2 fully saturated rings. The van der Waals surface area contributed by atoms with E-state index >= 15 is 0 Å². The lowest BCUT2D eigenvalue weighted by Gasteiger charge is -2.53. The number of ether oxygens (including phenoxy) is 1. The lowest BCUT2D eigenvalue weighted by molar-refractivity contribution is -0.163. The van der Waals surface area contributed by atoms with Crippen LogP contribution < -0.4 is 15.4 Å². The largest absolute Gasteiger partial charge is 0.495 e. The van der Waals surface area contributed by atoms with Gasteiger partial charge in [0.05, 0.1) is 12.8 Å². The van der Waals surface area contributed by atoms with Gasteiger partial charge in [-0.05, 0) is 37.5 Å². The molecule has 140 valence electrons. The van der Waals surface area contributed by atoms with E-state index in [1.807, 2.05) is 13.8 Å². The van der Waals surface area contributed by atoms with Crippen LogP contribution in [0.3, 0.4) is 0 Å². The Bertz CT molecular complexity index is 781. The van der Waals surface area contributed by atoms with Gasteiger partial charge in [0.15, 0.2) is 0 Å². The van der Waals surface area contributed by atoms with Gasteiger partial charge in [-0.25, -0.2) is 0 Å². The van der Waals surface area contributed by atoms with Gasteiger partial charge in [-0.15, -0.1) is 0 Å². The Morgan fingerprint density at radius 2 is 1.69 bits per heavy atom. The van der Waals surface area contributed by atoms with Crippen molar-refractivity contribution < 1.29 is 19.1 Å². The van der Waals surface area contributed by atoms with E-state index < -0.39 is 16.2 Å². The second-order valence-corrected chi connectivity index (χ2v) is 8.73. The Balaban J connectivity index is 1.93. The van der Waals surface area contributed by atoms with Crippen LogP contribution in [0.1, 0.15) is 40.0 Å². The molecule has 1 saturated carbocycles. The van der Waals surface area contributed by atoms with Gasteiger partial charge < -0.3 is 10.1 Å². The highest BCUT2D eigenvalue weighted by Gasteiger charge is 2.60. The lowest BCUT2D eigenvalue weighted by Crippen LogP contribution is -2.63. The average Bonchev–Trinajstić information content (AvgIpc) is 2.52. The quantitative estimate of drug-likeness (QED) is 0.791. The maximum absolute atomic E-state index is 13.1. The molecule has 2 unspecified atom stereocenters. The van der Waals surface area contributed by atoms with Crippen LogP contribution in [0.2, 0.25) is 5.02 Å². The maximum atomic E-state index is 13.1. The van der Waals surface area contributed by atoms with Crippen LogP contribution in [0.5, 0.6) is 5.75 Å². The van der Waals surface area contributed by atoms with E-state index in [0.29, 0.717) is 35.7 Å². The molecule has 1 saturated heterocycles. The number of carbonyl (C=O) groups is 3. The zero-order valence-corrected chi connectivity index (χ0v) is 16.1. The van der Waals surface area contributed by atoms with E-state index in [2.05, 4.69) is 10.6 Å². The fourth-order valence-corrected chi connectivity index (χ4v) is 4.88. The van der Waals surface area contributed by atoms with Gasteiger partial charge in [0.1, 0.15) is 5.75 Å². The molecular formula is C19H23ClN2O4. The Morgan fingerprint density at radius 1 is 1.12 bits per heavy atom. The molecule has 1 aliphatic carbocycles. The van der Waals surface area contributed by atoms with Gasteiger partial charge in [-0.3, -0.25) is 19.7 Å². The zero-order chi connectivity index (χ0) is 19.3. The molecule has 0 aromatic heterocycles.